The first kappa shape index (κ1) is 24.0. The smallest absolute Gasteiger partial charge is 0.311 e. The molecule has 186 valence electrons. The molecular formula is C28H33ClN2O4. The van der Waals surface area contributed by atoms with E-state index in [1.807, 2.05) is 18.2 Å². The molecule has 2 aromatic carbocycles. The maximum atomic E-state index is 12.1. The Labute approximate surface area is 211 Å². The second-order valence-electron chi connectivity index (χ2n) is 10.4. The minimum atomic E-state index is -0.997. The first-order valence-electron chi connectivity index (χ1n) is 12.6. The molecule has 6 nitrogen and oxygen atoms in total. The molecule has 2 atom stereocenters. The van der Waals surface area contributed by atoms with Gasteiger partial charge in [-0.25, -0.2) is 0 Å². The number of hydrogen-bond acceptors (Lipinski definition) is 4. The van der Waals surface area contributed by atoms with Crippen LogP contribution in [0.25, 0.3) is 0 Å². The van der Waals surface area contributed by atoms with Gasteiger partial charge in [-0.2, -0.15) is 0 Å². The average molecular weight is 497 g/mol. The van der Waals surface area contributed by atoms with Crippen LogP contribution in [0.1, 0.15) is 61.1 Å². The zero-order valence-corrected chi connectivity index (χ0v) is 20.9. The largest absolute Gasteiger partial charge is 0.490 e. The Morgan fingerprint density at radius 2 is 2.06 bits per heavy atom. The Kier molecular flexibility index (Phi) is 6.67. The molecule has 1 heterocycles. The monoisotopic (exact) mass is 496 g/mol. The number of carbonyl (C=O) groups excluding carboxylic acids is 1. The highest BCUT2D eigenvalue weighted by molar-refractivity contribution is 6.30. The Bertz CT molecular complexity index is 1130. The molecule has 1 saturated carbocycles. The van der Waals surface area contributed by atoms with Crippen molar-refractivity contribution < 1.29 is 19.4 Å². The highest BCUT2D eigenvalue weighted by Crippen LogP contribution is 2.46. The SMILES string of the molecule is CNC(=O)CC(C(=O)O)c1ccc2c(c1)N(CC1CCC1)C[C@@]1(CCCc3cc(Cl)ccc31)CO2. The Morgan fingerprint density at radius 3 is 2.77 bits per heavy atom. The van der Waals surface area contributed by atoms with E-state index < -0.39 is 11.9 Å². The topological polar surface area (TPSA) is 78.9 Å². The zero-order chi connectivity index (χ0) is 24.6. The molecule has 2 aliphatic carbocycles. The van der Waals surface area contributed by atoms with E-state index in [0.717, 1.165) is 48.8 Å². The molecule has 1 unspecified atom stereocenters. The molecule has 2 N–H and O–H groups in total. The lowest BCUT2D eigenvalue weighted by atomic mass is 9.70. The van der Waals surface area contributed by atoms with E-state index >= 15 is 0 Å². The summed E-state index contributed by atoms with van der Waals surface area (Å²) in [6, 6.07) is 11.9. The number of fused-ring (bicyclic) bond motifs is 3. The zero-order valence-electron chi connectivity index (χ0n) is 20.2. The fourth-order valence-electron chi connectivity index (χ4n) is 5.97. The van der Waals surface area contributed by atoms with Crippen molar-refractivity contribution in [2.75, 3.05) is 31.6 Å². The summed E-state index contributed by atoms with van der Waals surface area (Å²) >= 11 is 6.33. The average Bonchev–Trinajstić information content (AvgIpc) is 2.96. The van der Waals surface area contributed by atoms with Crippen LogP contribution in [0.15, 0.2) is 36.4 Å². The van der Waals surface area contributed by atoms with Gasteiger partial charge in [0, 0.05) is 37.0 Å². The third kappa shape index (κ3) is 4.73. The van der Waals surface area contributed by atoms with Gasteiger partial charge in [0.2, 0.25) is 5.91 Å². The number of carboxylic acids is 1. The summed E-state index contributed by atoms with van der Waals surface area (Å²) in [6.07, 6.45) is 6.77. The fraction of sp³-hybridized carbons (Fsp3) is 0.500. The summed E-state index contributed by atoms with van der Waals surface area (Å²) in [5, 5.41) is 13.2. The minimum absolute atomic E-state index is 0.0911. The maximum Gasteiger partial charge on any atom is 0.311 e. The molecule has 0 radical (unpaired) electrons. The predicted molar refractivity (Wildman–Crippen MR) is 137 cm³/mol. The number of amides is 1. The first-order valence-corrected chi connectivity index (χ1v) is 13.0. The van der Waals surface area contributed by atoms with Crippen molar-refractivity contribution in [3.05, 3.63) is 58.1 Å². The van der Waals surface area contributed by atoms with Crippen LogP contribution in [0.4, 0.5) is 5.69 Å². The number of carboxylic acid groups (broad SMARTS) is 1. The molecule has 5 rings (SSSR count). The van der Waals surface area contributed by atoms with Crippen LogP contribution in [0.2, 0.25) is 5.02 Å². The van der Waals surface area contributed by atoms with Crippen LogP contribution < -0.4 is 15.0 Å². The number of benzene rings is 2. The maximum absolute atomic E-state index is 12.1. The van der Waals surface area contributed by atoms with Gasteiger partial charge in [0.1, 0.15) is 5.75 Å². The Balaban J connectivity index is 1.54. The van der Waals surface area contributed by atoms with Gasteiger partial charge in [-0.3, -0.25) is 9.59 Å². The molecule has 0 saturated heterocycles. The number of nitrogens with one attached hydrogen (secondary N) is 1. The number of aliphatic carboxylic acids is 1. The van der Waals surface area contributed by atoms with E-state index in [2.05, 4.69) is 22.3 Å². The number of aryl methyl sites for hydroxylation is 1. The lowest BCUT2D eigenvalue weighted by Gasteiger charge is -2.42. The molecule has 1 amide bonds. The van der Waals surface area contributed by atoms with Gasteiger partial charge in [0.05, 0.1) is 18.2 Å². The van der Waals surface area contributed by atoms with E-state index in [1.165, 1.54) is 37.4 Å². The van der Waals surface area contributed by atoms with Gasteiger partial charge in [-0.1, -0.05) is 30.2 Å². The van der Waals surface area contributed by atoms with Crippen LogP contribution in [-0.2, 0) is 21.4 Å². The second-order valence-corrected chi connectivity index (χ2v) is 10.8. The molecule has 7 heteroatoms. The third-order valence-electron chi connectivity index (χ3n) is 8.13. The quantitative estimate of drug-likeness (QED) is 0.593. The number of ether oxygens (including phenoxy) is 1. The molecule has 3 aliphatic rings. The number of rotatable bonds is 6. The number of halogens is 1. The summed E-state index contributed by atoms with van der Waals surface area (Å²) < 4.78 is 6.49. The summed E-state index contributed by atoms with van der Waals surface area (Å²) in [5.74, 6) is -0.763. The number of anilines is 1. The van der Waals surface area contributed by atoms with Crippen LogP contribution in [0, 0.1) is 5.92 Å². The lowest BCUT2D eigenvalue weighted by molar-refractivity contribution is -0.140. The van der Waals surface area contributed by atoms with E-state index in [-0.39, 0.29) is 17.7 Å². The first-order chi connectivity index (χ1) is 16.9. The standard InChI is InChI=1S/C28H33ClN2O4/c1-30-26(32)14-22(27(33)34)19-7-10-25-24(13-19)31(15-18-4-2-5-18)16-28(17-35-25)11-3-6-20-12-21(29)8-9-23(20)28/h7-10,12-13,18,22H,2-6,11,14-17H2,1H3,(H,30,32)(H,33,34)/t22?,28-/m0/s1. The van der Waals surface area contributed by atoms with E-state index in [4.69, 9.17) is 16.3 Å². The van der Waals surface area contributed by atoms with Crippen LogP contribution in [0.3, 0.4) is 0 Å². The normalized spacial score (nSPS) is 22.3. The summed E-state index contributed by atoms with van der Waals surface area (Å²) in [5.41, 5.74) is 4.06. The molecule has 0 bridgehead atoms. The predicted octanol–water partition coefficient (Wildman–Crippen LogP) is 4.92. The van der Waals surface area contributed by atoms with Crippen LogP contribution in [-0.4, -0.2) is 43.7 Å². The molecular weight excluding hydrogens is 464 g/mol. The van der Waals surface area contributed by atoms with Gasteiger partial charge in [-0.05, 0) is 79.0 Å². The summed E-state index contributed by atoms with van der Waals surface area (Å²) in [6.45, 7) is 2.33. The Morgan fingerprint density at radius 1 is 1.23 bits per heavy atom. The van der Waals surface area contributed by atoms with Gasteiger partial charge in [0.25, 0.3) is 0 Å². The van der Waals surface area contributed by atoms with Gasteiger partial charge in [-0.15, -0.1) is 0 Å². The van der Waals surface area contributed by atoms with Gasteiger partial charge >= 0.3 is 5.97 Å². The van der Waals surface area contributed by atoms with Crippen LogP contribution >= 0.6 is 11.6 Å². The van der Waals surface area contributed by atoms with E-state index in [0.29, 0.717) is 18.1 Å². The highest BCUT2D eigenvalue weighted by atomic mass is 35.5. The van der Waals surface area contributed by atoms with E-state index in [9.17, 15) is 14.7 Å². The fourth-order valence-corrected chi connectivity index (χ4v) is 6.16. The van der Waals surface area contributed by atoms with Crippen LogP contribution in [0.5, 0.6) is 5.75 Å². The molecule has 2 aromatic rings. The highest BCUT2D eigenvalue weighted by Gasteiger charge is 2.42. The van der Waals surface area contributed by atoms with Crippen molar-refractivity contribution >= 4 is 29.2 Å². The van der Waals surface area contributed by atoms with Gasteiger partial charge < -0.3 is 20.1 Å². The number of carbonyl (C=O) groups is 2. The van der Waals surface area contributed by atoms with Crippen molar-refractivity contribution in [3.8, 4) is 5.75 Å². The third-order valence-corrected chi connectivity index (χ3v) is 8.37. The lowest BCUT2D eigenvalue weighted by Crippen LogP contribution is -2.47. The minimum Gasteiger partial charge on any atom is -0.490 e. The molecule has 1 spiro atoms. The second kappa shape index (κ2) is 9.73. The Hall–Kier alpha value is -2.73. The number of hydrogen-bond donors (Lipinski definition) is 2. The number of nitrogens with zero attached hydrogens (tertiary/aromatic N) is 1. The molecule has 35 heavy (non-hydrogen) atoms. The molecule has 1 aliphatic heterocycles. The molecule has 1 fully saturated rings. The molecule has 0 aromatic heterocycles. The van der Waals surface area contributed by atoms with Gasteiger partial charge in [0.15, 0.2) is 0 Å². The van der Waals surface area contributed by atoms with Crippen molar-refractivity contribution in [2.24, 2.45) is 5.92 Å². The van der Waals surface area contributed by atoms with Crippen molar-refractivity contribution in [1.82, 2.24) is 5.32 Å². The van der Waals surface area contributed by atoms with Crippen molar-refractivity contribution in [2.45, 2.75) is 56.3 Å². The van der Waals surface area contributed by atoms with Crippen molar-refractivity contribution in [3.63, 3.8) is 0 Å². The van der Waals surface area contributed by atoms with E-state index in [1.54, 1.807) is 6.07 Å². The summed E-state index contributed by atoms with van der Waals surface area (Å²) in [4.78, 5) is 26.5. The van der Waals surface area contributed by atoms with Crippen molar-refractivity contribution in [1.29, 1.82) is 0 Å². The summed E-state index contributed by atoms with van der Waals surface area (Å²) in [7, 11) is 1.53.